The third kappa shape index (κ3) is 2.79. The van der Waals surface area contributed by atoms with Gasteiger partial charge in [-0.1, -0.05) is 12.1 Å². The van der Waals surface area contributed by atoms with E-state index in [0.29, 0.717) is 5.89 Å². The smallest absolute Gasteiger partial charge is 0.328 e. The average Bonchev–Trinajstić information content (AvgIpc) is 2.75. The van der Waals surface area contributed by atoms with Crippen molar-refractivity contribution in [1.29, 1.82) is 0 Å². The maximum atomic E-state index is 10.3. The molecule has 0 bridgehead atoms. The van der Waals surface area contributed by atoms with Crippen LogP contribution in [0.3, 0.4) is 0 Å². The van der Waals surface area contributed by atoms with Crippen molar-refractivity contribution in [3.05, 3.63) is 40.7 Å². The molecule has 0 aliphatic heterocycles. The van der Waals surface area contributed by atoms with E-state index in [1.807, 2.05) is 24.3 Å². The van der Waals surface area contributed by atoms with Crippen LogP contribution in [0.15, 0.2) is 39.2 Å². The first kappa shape index (κ1) is 11.5. The Balaban J connectivity index is 2.30. The summed E-state index contributed by atoms with van der Waals surface area (Å²) in [5, 5.41) is 16.0. The van der Waals surface area contributed by atoms with Crippen molar-refractivity contribution >= 4 is 28.0 Å². The van der Waals surface area contributed by atoms with Gasteiger partial charge >= 0.3 is 5.97 Å². The molecule has 6 heteroatoms. The Morgan fingerprint density at radius 2 is 2.12 bits per heavy atom. The molecule has 0 fully saturated rings. The van der Waals surface area contributed by atoms with Crippen molar-refractivity contribution in [2.45, 2.75) is 0 Å². The van der Waals surface area contributed by atoms with Gasteiger partial charge in [0.2, 0.25) is 11.8 Å². The summed E-state index contributed by atoms with van der Waals surface area (Å²) in [5.41, 5.74) is 0.759. The number of carboxylic acid groups (broad SMARTS) is 1. The van der Waals surface area contributed by atoms with Crippen LogP contribution in [0.4, 0.5) is 0 Å². The van der Waals surface area contributed by atoms with E-state index in [0.717, 1.165) is 16.1 Å². The van der Waals surface area contributed by atoms with E-state index in [1.54, 1.807) is 0 Å². The third-order valence-electron chi connectivity index (χ3n) is 1.91. The van der Waals surface area contributed by atoms with E-state index in [1.165, 1.54) is 6.08 Å². The summed E-state index contributed by atoms with van der Waals surface area (Å²) in [4.78, 5) is 10.3. The predicted molar refractivity (Wildman–Crippen MR) is 64.1 cm³/mol. The second-order valence-electron chi connectivity index (χ2n) is 3.10. The molecule has 1 aromatic carbocycles. The molecule has 1 N–H and O–H groups in total. The van der Waals surface area contributed by atoms with E-state index in [-0.39, 0.29) is 5.89 Å². The fourth-order valence-electron chi connectivity index (χ4n) is 1.19. The first-order valence-corrected chi connectivity index (χ1v) is 5.45. The van der Waals surface area contributed by atoms with Crippen molar-refractivity contribution in [2.24, 2.45) is 0 Å². The van der Waals surface area contributed by atoms with E-state index >= 15 is 0 Å². The van der Waals surface area contributed by atoms with Crippen LogP contribution in [0.5, 0.6) is 0 Å². The molecule has 5 nitrogen and oxygen atoms in total. The van der Waals surface area contributed by atoms with Gasteiger partial charge in [-0.15, -0.1) is 10.2 Å². The highest BCUT2D eigenvalue weighted by Crippen LogP contribution is 2.26. The van der Waals surface area contributed by atoms with Gasteiger partial charge in [0, 0.05) is 16.6 Å². The summed E-state index contributed by atoms with van der Waals surface area (Å²) in [5.74, 6) is -0.577. The van der Waals surface area contributed by atoms with Crippen molar-refractivity contribution in [3.63, 3.8) is 0 Å². The number of benzene rings is 1. The van der Waals surface area contributed by atoms with Gasteiger partial charge in [0.1, 0.15) is 0 Å². The van der Waals surface area contributed by atoms with E-state index in [9.17, 15) is 4.79 Å². The van der Waals surface area contributed by atoms with Crippen molar-refractivity contribution in [2.75, 3.05) is 0 Å². The lowest BCUT2D eigenvalue weighted by atomic mass is 10.2. The van der Waals surface area contributed by atoms with Crippen molar-refractivity contribution < 1.29 is 14.3 Å². The van der Waals surface area contributed by atoms with Gasteiger partial charge in [0.15, 0.2) is 0 Å². The molecule has 0 saturated heterocycles. The molecule has 0 aliphatic carbocycles. The molecule has 1 heterocycles. The van der Waals surface area contributed by atoms with Crippen LogP contribution in [0.1, 0.15) is 5.89 Å². The van der Waals surface area contributed by atoms with E-state index in [2.05, 4.69) is 26.1 Å². The van der Waals surface area contributed by atoms with Crippen molar-refractivity contribution in [3.8, 4) is 11.5 Å². The molecule has 0 spiro atoms. The van der Waals surface area contributed by atoms with Gasteiger partial charge in [0.25, 0.3) is 0 Å². The molecule has 0 aliphatic rings. The van der Waals surface area contributed by atoms with Gasteiger partial charge in [0.05, 0.1) is 5.56 Å². The Bertz CT molecular complexity index is 578. The standard InChI is InChI=1S/C11H7BrN2O3/c12-8-4-2-1-3-7(8)11-14-13-9(17-11)5-6-10(15)16/h1-6H,(H,15,16)/b6-5+. The highest BCUT2D eigenvalue weighted by Gasteiger charge is 2.09. The Hall–Kier alpha value is -1.95. The molecule has 0 unspecified atom stereocenters. The normalized spacial score (nSPS) is 10.9. The third-order valence-corrected chi connectivity index (χ3v) is 2.60. The van der Waals surface area contributed by atoms with Gasteiger partial charge in [-0.25, -0.2) is 4.79 Å². The average molecular weight is 295 g/mol. The number of halogens is 1. The SMILES string of the molecule is O=C(O)/C=C/c1nnc(-c2ccccc2Br)o1. The number of carboxylic acids is 1. The first-order valence-electron chi connectivity index (χ1n) is 4.66. The molecule has 1 aromatic heterocycles. The monoisotopic (exact) mass is 294 g/mol. The molecular weight excluding hydrogens is 288 g/mol. The number of aliphatic carboxylic acids is 1. The Kier molecular flexibility index (Phi) is 3.34. The van der Waals surface area contributed by atoms with Gasteiger partial charge in [-0.3, -0.25) is 0 Å². The highest BCUT2D eigenvalue weighted by molar-refractivity contribution is 9.10. The quantitative estimate of drug-likeness (QED) is 0.881. The Morgan fingerprint density at radius 3 is 2.82 bits per heavy atom. The van der Waals surface area contributed by atoms with Crippen LogP contribution < -0.4 is 0 Å². The molecule has 0 saturated carbocycles. The largest absolute Gasteiger partial charge is 0.478 e. The summed E-state index contributed by atoms with van der Waals surface area (Å²) >= 11 is 3.36. The summed E-state index contributed by atoms with van der Waals surface area (Å²) in [6.07, 6.45) is 2.19. The zero-order valence-corrected chi connectivity index (χ0v) is 10.1. The number of hydrogen-bond donors (Lipinski definition) is 1. The minimum atomic E-state index is -1.06. The second-order valence-corrected chi connectivity index (χ2v) is 3.95. The number of carbonyl (C=O) groups is 1. The van der Waals surface area contributed by atoms with Crippen molar-refractivity contribution in [1.82, 2.24) is 10.2 Å². The van der Waals surface area contributed by atoms with Crippen LogP contribution in [0.25, 0.3) is 17.5 Å². The Morgan fingerprint density at radius 1 is 1.35 bits per heavy atom. The van der Waals surface area contributed by atoms with Crippen LogP contribution in [-0.2, 0) is 4.79 Å². The molecule has 0 atom stereocenters. The number of nitrogens with zero attached hydrogens (tertiary/aromatic N) is 2. The maximum absolute atomic E-state index is 10.3. The molecule has 0 amide bonds. The summed E-state index contributed by atoms with van der Waals surface area (Å²) in [6.45, 7) is 0. The first-order chi connectivity index (χ1) is 8.16. The maximum Gasteiger partial charge on any atom is 0.328 e. The van der Waals surface area contributed by atoms with E-state index in [4.69, 9.17) is 9.52 Å². The second kappa shape index (κ2) is 4.92. The number of rotatable bonds is 3. The fraction of sp³-hybridized carbons (Fsp3) is 0. The lowest BCUT2D eigenvalue weighted by Gasteiger charge is -1.96. The van der Waals surface area contributed by atoms with Gasteiger partial charge in [-0.2, -0.15) is 0 Å². The lowest BCUT2D eigenvalue weighted by molar-refractivity contribution is -0.131. The topological polar surface area (TPSA) is 76.2 Å². The highest BCUT2D eigenvalue weighted by atomic mass is 79.9. The summed E-state index contributed by atoms with van der Waals surface area (Å²) in [7, 11) is 0. The summed E-state index contributed by atoms with van der Waals surface area (Å²) < 4.78 is 6.13. The summed E-state index contributed by atoms with van der Waals surface area (Å²) in [6, 6.07) is 7.39. The molecule has 2 aromatic rings. The molecular formula is C11H7BrN2O3. The molecule has 2 rings (SSSR count). The minimum Gasteiger partial charge on any atom is -0.478 e. The van der Waals surface area contributed by atoms with Crippen LogP contribution >= 0.6 is 15.9 Å². The predicted octanol–water partition coefficient (Wildman–Crippen LogP) is 2.60. The number of hydrogen-bond acceptors (Lipinski definition) is 4. The Labute approximate surface area is 105 Å². The van der Waals surface area contributed by atoms with Gasteiger partial charge in [-0.05, 0) is 28.1 Å². The molecule has 0 radical (unpaired) electrons. The van der Waals surface area contributed by atoms with Crippen LogP contribution in [0.2, 0.25) is 0 Å². The minimum absolute atomic E-state index is 0.151. The zero-order chi connectivity index (χ0) is 12.3. The fourth-order valence-corrected chi connectivity index (χ4v) is 1.64. The molecule has 17 heavy (non-hydrogen) atoms. The zero-order valence-electron chi connectivity index (χ0n) is 8.50. The van der Waals surface area contributed by atoms with Gasteiger partial charge < -0.3 is 9.52 Å². The molecule has 86 valence electrons. The lowest BCUT2D eigenvalue weighted by Crippen LogP contribution is -1.85. The number of aromatic nitrogens is 2. The van der Waals surface area contributed by atoms with Crippen LogP contribution in [0, 0.1) is 0 Å². The van der Waals surface area contributed by atoms with E-state index < -0.39 is 5.97 Å². The van der Waals surface area contributed by atoms with Crippen LogP contribution in [-0.4, -0.2) is 21.3 Å².